The number of anilines is 1. The van der Waals surface area contributed by atoms with Crippen molar-refractivity contribution in [2.75, 3.05) is 25.0 Å². The van der Waals surface area contributed by atoms with E-state index in [1.165, 1.54) is 19.3 Å². The van der Waals surface area contributed by atoms with E-state index in [4.69, 9.17) is 0 Å². The van der Waals surface area contributed by atoms with Gasteiger partial charge in [-0.3, -0.25) is 19.4 Å². The maximum atomic E-state index is 13.4. The third-order valence-corrected chi connectivity index (χ3v) is 7.02. The standard InChI is InChI=1S/C26H30N4O3/c31-23(27-21-11-6-8-19(16-21)17-29-14-4-1-5-15-29)18-30-24(32)26(28-25(30)33)13-7-10-20-9-2-3-12-22(20)26/h2-3,6,8-9,11-12,16H,1,4-5,7,10,13-15,17-18H2,(H,27,31)(H,28,33). The number of fused-ring (bicyclic) bond motifs is 2. The fourth-order valence-corrected chi connectivity index (χ4v) is 5.42. The number of benzene rings is 2. The Labute approximate surface area is 194 Å². The number of hydrogen-bond donors (Lipinski definition) is 2. The molecule has 2 heterocycles. The summed E-state index contributed by atoms with van der Waals surface area (Å²) in [6.07, 6.45) is 6.00. The number of rotatable bonds is 5. The highest BCUT2D eigenvalue weighted by molar-refractivity contribution is 6.10. The average molecular weight is 447 g/mol. The first kappa shape index (κ1) is 21.6. The third kappa shape index (κ3) is 4.25. The van der Waals surface area contributed by atoms with Crippen LogP contribution < -0.4 is 10.6 Å². The van der Waals surface area contributed by atoms with Gasteiger partial charge in [-0.05, 0) is 74.0 Å². The van der Waals surface area contributed by atoms with Crippen molar-refractivity contribution in [3.05, 3.63) is 65.2 Å². The molecule has 1 aliphatic carbocycles. The van der Waals surface area contributed by atoms with E-state index >= 15 is 0 Å². The quantitative estimate of drug-likeness (QED) is 0.690. The van der Waals surface area contributed by atoms with Crippen molar-refractivity contribution in [2.24, 2.45) is 0 Å². The number of hydrogen-bond acceptors (Lipinski definition) is 4. The smallest absolute Gasteiger partial charge is 0.325 e. The molecule has 0 radical (unpaired) electrons. The Morgan fingerprint density at radius 1 is 1.00 bits per heavy atom. The van der Waals surface area contributed by atoms with Crippen molar-refractivity contribution in [1.29, 1.82) is 0 Å². The molecule has 33 heavy (non-hydrogen) atoms. The molecule has 3 aliphatic rings. The van der Waals surface area contributed by atoms with Gasteiger partial charge in [0.05, 0.1) is 0 Å². The van der Waals surface area contributed by atoms with Crippen molar-refractivity contribution in [3.63, 3.8) is 0 Å². The third-order valence-electron chi connectivity index (χ3n) is 7.02. The van der Waals surface area contributed by atoms with Crippen molar-refractivity contribution >= 4 is 23.5 Å². The Balaban J connectivity index is 1.26. The molecule has 7 heteroatoms. The first-order valence-corrected chi connectivity index (χ1v) is 11.9. The normalized spacial score (nSPS) is 22.8. The number of carbonyl (C=O) groups excluding carboxylic acids is 3. The first-order valence-electron chi connectivity index (χ1n) is 11.9. The highest BCUT2D eigenvalue weighted by Gasteiger charge is 2.54. The lowest BCUT2D eigenvalue weighted by Gasteiger charge is -2.33. The van der Waals surface area contributed by atoms with Crippen LogP contribution in [0.15, 0.2) is 48.5 Å². The van der Waals surface area contributed by atoms with Crippen molar-refractivity contribution < 1.29 is 14.4 Å². The fraction of sp³-hybridized carbons (Fsp3) is 0.423. The maximum Gasteiger partial charge on any atom is 0.325 e. The van der Waals surface area contributed by atoms with Crippen LogP contribution in [0.5, 0.6) is 0 Å². The highest BCUT2D eigenvalue weighted by Crippen LogP contribution is 2.39. The summed E-state index contributed by atoms with van der Waals surface area (Å²) in [6.45, 7) is 2.77. The van der Waals surface area contributed by atoms with Gasteiger partial charge in [-0.2, -0.15) is 0 Å². The van der Waals surface area contributed by atoms with Gasteiger partial charge < -0.3 is 10.6 Å². The number of nitrogens with one attached hydrogen (secondary N) is 2. The topological polar surface area (TPSA) is 81.8 Å². The molecule has 5 rings (SSSR count). The lowest BCUT2D eigenvalue weighted by atomic mass is 9.76. The minimum absolute atomic E-state index is 0.301. The van der Waals surface area contributed by atoms with Gasteiger partial charge in [0.1, 0.15) is 12.1 Å². The summed E-state index contributed by atoms with van der Waals surface area (Å²) in [5.74, 6) is -0.719. The number of carbonyl (C=O) groups is 3. The summed E-state index contributed by atoms with van der Waals surface area (Å²) in [6, 6.07) is 15.0. The number of nitrogens with zero attached hydrogens (tertiary/aromatic N) is 2. The number of imide groups is 1. The zero-order valence-corrected chi connectivity index (χ0v) is 18.8. The Morgan fingerprint density at radius 2 is 1.82 bits per heavy atom. The lowest BCUT2D eigenvalue weighted by molar-refractivity contribution is -0.134. The number of aryl methyl sites for hydroxylation is 1. The van der Waals surface area contributed by atoms with Crippen LogP contribution in [0.2, 0.25) is 0 Å². The van der Waals surface area contributed by atoms with Gasteiger partial charge in [-0.1, -0.05) is 42.8 Å². The van der Waals surface area contributed by atoms with E-state index in [9.17, 15) is 14.4 Å². The average Bonchev–Trinajstić information content (AvgIpc) is 3.05. The Morgan fingerprint density at radius 3 is 2.67 bits per heavy atom. The van der Waals surface area contributed by atoms with Crippen molar-refractivity contribution in [2.45, 2.75) is 50.6 Å². The molecule has 2 aromatic rings. The molecule has 2 saturated heterocycles. The molecule has 2 fully saturated rings. The minimum Gasteiger partial charge on any atom is -0.325 e. The molecule has 2 aromatic carbocycles. The van der Waals surface area contributed by atoms with Gasteiger partial charge in [-0.15, -0.1) is 0 Å². The summed E-state index contributed by atoms with van der Waals surface area (Å²) in [5.41, 5.74) is 2.69. The lowest BCUT2D eigenvalue weighted by Crippen LogP contribution is -2.47. The second-order valence-corrected chi connectivity index (χ2v) is 9.32. The Kier molecular flexibility index (Phi) is 5.89. The molecule has 7 nitrogen and oxygen atoms in total. The predicted molar refractivity (Wildman–Crippen MR) is 126 cm³/mol. The Bertz CT molecular complexity index is 1080. The van der Waals surface area contributed by atoms with E-state index < -0.39 is 11.6 Å². The molecule has 2 N–H and O–H groups in total. The minimum atomic E-state index is -1.05. The van der Waals surface area contributed by atoms with Crippen LogP contribution in [-0.4, -0.2) is 47.3 Å². The molecule has 172 valence electrons. The molecule has 2 aliphatic heterocycles. The van der Waals surface area contributed by atoms with Crippen LogP contribution in [0.25, 0.3) is 0 Å². The van der Waals surface area contributed by atoms with E-state index in [1.807, 2.05) is 42.5 Å². The van der Waals surface area contributed by atoms with E-state index in [1.54, 1.807) is 0 Å². The number of amides is 4. The molecule has 0 saturated carbocycles. The van der Waals surface area contributed by atoms with Crippen LogP contribution in [0.1, 0.15) is 48.8 Å². The van der Waals surface area contributed by atoms with E-state index in [0.717, 1.165) is 54.1 Å². The SMILES string of the molecule is O=C(CN1C(=O)NC2(CCCc3ccccc32)C1=O)Nc1cccc(CN2CCCCC2)c1. The number of piperidine rings is 1. The summed E-state index contributed by atoms with van der Waals surface area (Å²) in [5, 5.41) is 5.77. The summed E-state index contributed by atoms with van der Waals surface area (Å²) in [7, 11) is 0. The molecule has 0 bridgehead atoms. The van der Waals surface area contributed by atoms with Gasteiger partial charge in [0.2, 0.25) is 5.91 Å². The molecular formula is C26H30N4O3. The summed E-state index contributed by atoms with van der Waals surface area (Å²) in [4.78, 5) is 42.4. The van der Waals surface area contributed by atoms with Gasteiger partial charge in [0, 0.05) is 12.2 Å². The van der Waals surface area contributed by atoms with E-state index in [2.05, 4.69) is 21.6 Å². The van der Waals surface area contributed by atoms with Crippen LogP contribution in [0, 0.1) is 0 Å². The highest BCUT2D eigenvalue weighted by atomic mass is 16.2. The van der Waals surface area contributed by atoms with Crippen molar-refractivity contribution in [1.82, 2.24) is 15.1 Å². The molecular weight excluding hydrogens is 416 g/mol. The molecule has 1 atom stereocenters. The van der Waals surface area contributed by atoms with Crippen LogP contribution in [0.3, 0.4) is 0 Å². The molecule has 4 amide bonds. The van der Waals surface area contributed by atoms with Gasteiger partial charge in [0.25, 0.3) is 5.91 Å². The van der Waals surface area contributed by atoms with Crippen molar-refractivity contribution in [3.8, 4) is 0 Å². The zero-order valence-electron chi connectivity index (χ0n) is 18.8. The van der Waals surface area contributed by atoms with Gasteiger partial charge in [-0.25, -0.2) is 4.79 Å². The van der Waals surface area contributed by atoms with Crippen LogP contribution in [-0.2, 0) is 28.1 Å². The molecule has 0 aromatic heterocycles. The van der Waals surface area contributed by atoms with E-state index in [0.29, 0.717) is 12.1 Å². The largest absolute Gasteiger partial charge is 0.325 e. The summed E-state index contributed by atoms with van der Waals surface area (Å²) >= 11 is 0. The predicted octanol–water partition coefficient (Wildman–Crippen LogP) is 3.39. The van der Waals surface area contributed by atoms with Crippen LogP contribution in [0.4, 0.5) is 10.5 Å². The number of urea groups is 1. The van der Waals surface area contributed by atoms with Gasteiger partial charge in [0.15, 0.2) is 0 Å². The molecule has 1 unspecified atom stereocenters. The number of likely N-dealkylation sites (tertiary alicyclic amines) is 1. The second kappa shape index (κ2) is 8.98. The summed E-state index contributed by atoms with van der Waals surface area (Å²) < 4.78 is 0. The Hall–Kier alpha value is -3.19. The van der Waals surface area contributed by atoms with Crippen LogP contribution >= 0.6 is 0 Å². The van der Waals surface area contributed by atoms with Gasteiger partial charge >= 0.3 is 6.03 Å². The first-order chi connectivity index (χ1) is 16.0. The second-order valence-electron chi connectivity index (χ2n) is 9.32. The zero-order chi connectivity index (χ0) is 22.8. The monoisotopic (exact) mass is 446 g/mol. The maximum absolute atomic E-state index is 13.4. The molecule has 1 spiro atoms. The van der Waals surface area contributed by atoms with E-state index in [-0.39, 0.29) is 18.4 Å². The fourth-order valence-electron chi connectivity index (χ4n) is 5.42.